The number of ether oxygens (including phenoxy) is 1. The van der Waals surface area contributed by atoms with Crippen molar-refractivity contribution >= 4 is 17.6 Å². The van der Waals surface area contributed by atoms with Crippen LogP contribution in [0.4, 0.5) is 18.9 Å². The van der Waals surface area contributed by atoms with Gasteiger partial charge < -0.3 is 24.8 Å². The minimum Gasteiger partial charge on any atom is -0.469 e. The van der Waals surface area contributed by atoms with Gasteiger partial charge in [0.2, 0.25) is 0 Å². The molecule has 2 atom stereocenters. The van der Waals surface area contributed by atoms with Crippen molar-refractivity contribution in [3.05, 3.63) is 102 Å². The third-order valence-electron chi connectivity index (χ3n) is 7.29. The van der Waals surface area contributed by atoms with E-state index in [2.05, 4.69) is 10.1 Å². The van der Waals surface area contributed by atoms with Crippen molar-refractivity contribution in [2.75, 3.05) is 12.4 Å². The highest BCUT2D eigenvalue weighted by Gasteiger charge is 2.30. The van der Waals surface area contributed by atoms with E-state index in [1.54, 1.807) is 24.3 Å². The summed E-state index contributed by atoms with van der Waals surface area (Å²) >= 11 is 0. The number of amides is 1. The van der Waals surface area contributed by atoms with Crippen molar-refractivity contribution in [3.63, 3.8) is 0 Å². The molecule has 44 heavy (non-hydrogen) atoms. The number of anilines is 1. The molecular weight excluding hydrogens is 573 g/mol. The molecule has 232 valence electrons. The molecule has 0 bridgehead atoms. The van der Waals surface area contributed by atoms with Crippen LogP contribution in [0.2, 0.25) is 0 Å². The Bertz CT molecular complexity index is 1580. The Balaban J connectivity index is 1.88. The van der Waals surface area contributed by atoms with E-state index in [0.29, 0.717) is 33.6 Å². The molecule has 3 N–H and O–H groups in total. The van der Waals surface area contributed by atoms with Gasteiger partial charge in [0.1, 0.15) is 23.1 Å². The summed E-state index contributed by atoms with van der Waals surface area (Å²) in [7, 11) is 1.21. The topological polar surface area (TPSA) is 101 Å². The van der Waals surface area contributed by atoms with E-state index in [4.69, 9.17) is 0 Å². The normalized spacial score (nSPS) is 12.7. The third-order valence-corrected chi connectivity index (χ3v) is 7.29. The van der Waals surface area contributed by atoms with Gasteiger partial charge >= 0.3 is 5.97 Å². The highest BCUT2D eigenvalue weighted by molar-refractivity contribution is 6.11. The second-order valence-electron chi connectivity index (χ2n) is 10.8. The largest absolute Gasteiger partial charge is 0.469 e. The molecule has 7 nitrogen and oxygen atoms in total. The Morgan fingerprint density at radius 3 is 1.80 bits per heavy atom. The van der Waals surface area contributed by atoms with Crippen LogP contribution >= 0.6 is 0 Å². The van der Waals surface area contributed by atoms with Crippen LogP contribution in [-0.2, 0) is 16.0 Å². The Kier molecular flexibility index (Phi) is 10.6. The summed E-state index contributed by atoms with van der Waals surface area (Å²) in [5.41, 5.74) is 3.44. The van der Waals surface area contributed by atoms with Crippen molar-refractivity contribution in [2.45, 2.75) is 57.8 Å². The number of halogens is 3. The molecule has 0 aliphatic heterocycles. The Labute approximate surface area is 253 Å². The van der Waals surface area contributed by atoms with Gasteiger partial charge in [0.15, 0.2) is 0 Å². The van der Waals surface area contributed by atoms with Crippen molar-refractivity contribution in [3.8, 4) is 22.3 Å². The molecule has 0 saturated carbocycles. The van der Waals surface area contributed by atoms with Gasteiger partial charge in [-0.3, -0.25) is 9.59 Å². The van der Waals surface area contributed by atoms with Crippen molar-refractivity contribution in [1.29, 1.82) is 0 Å². The summed E-state index contributed by atoms with van der Waals surface area (Å²) in [5, 5.41) is 23.9. The predicted octanol–water partition coefficient (Wildman–Crippen LogP) is 6.68. The zero-order valence-corrected chi connectivity index (χ0v) is 24.7. The van der Waals surface area contributed by atoms with Gasteiger partial charge in [-0.2, -0.15) is 0 Å². The van der Waals surface area contributed by atoms with Crippen molar-refractivity contribution in [2.24, 2.45) is 0 Å². The van der Waals surface area contributed by atoms with Crippen LogP contribution in [-0.4, -0.2) is 46.0 Å². The molecule has 0 fully saturated rings. The number of hydrogen-bond donors (Lipinski definition) is 3. The lowest BCUT2D eigenvalue weighted by Crippen LogP contribution is -2.23. The molecule has 4 aromatic rings. The maximum Gasteiger partial charge on any atom is 0.308 e. The van der Waals surface area contributed by atoms with Gasteiger partial charge in [-0.05, 0) is 92.8 Å². The fourth-order valence-corrected chi connectivity index (χ4v) is 5.32. The molecule has 0 aliphatic rings. The quantitative estimate of drug-likeness (QED) is 0.156. The maximum absolute atomic E-state index is 14.1. The molecule has 0 saturated heterocycles. The molecule has 3 aromatic carbocycles. The molecule has 2 unspecified atom stereocenters. The maximum atomic E-state index is 14.1. The molecule has 0 spiro atoms. The first kappa shape index (κ1) is 32.5. The zero-order valence-electron chi connectivity index (χ0n) is 24.7. The van der Waals surface area contributed by atoms with Crippen molar-refractivity contribution in [1.82, 2.24) is 4.57 Å². The number of hydrogen-bond acceptors (Lipinski definition) is 5. The van der Waals surface area contributed by atoms with E-state index in [0.717, 1.165) is 0 Å². The summed E-state index contributed by atoms with van der Waals surface area (Å²) in [6.45, 7) is 3.77. The minimum absolute atomic E-state index is 0.0773. The number of aliphatic hydroxyl groups excluding tert-OH is 2. The number of benzene rings is 3. The first-order chi connectivity index (χ1) is 21.0. The second-order valence-corrected chi connectivity index (χ2v) is 10.8. The molecular formula is C34H35F3N2O5. The number of nitrogens with zero attached hydrogens (tertiary/aromatic N) is 1. The number of carbonyl (C=O) groups excluding carboxylic acids is 2. The summed E-state index contributed by atoms with van der Waals surface area (Å²) in [5.74, 6) is -2.49. The molecule has 0 radical (unpaired) electrons. The third kappa shape index (κ3) is 7.75. The monoisotopic (exact) mass is 608 g/mol. The smallest absolute Gasteiger partial charge is 0.308 e. The lowest BCUT2D eigenvalue weighted by atomic mass is 9.92. The van der Waals surface area contributed by atoms with Crippen LogP contribution < -0.4 is 5.32 Å². The molecule has 0 aliphatic carbocycles. The number of rotatable bonds is 12. The number of nitrogens with one attached hydrogen (secondary N) is 1. The molecule has 1 heterocycles. The summed E-state index contributed by atoms with van der Waals surface area (Å²) < 4.78 is 48.1. The van der Waals surface area contributed by atoms with E-state index < -0.39 is 41.5 Å². The van der Waals surface area contributed by atoms with Gasteiger partial charge in [0, 0.05) is 28.6 Å². The van der Waals surface area contributed by atoms with E-state index >= 15 is 0 Å². The van der Waals surface area contributed by atoms with Crippen LogP contribution in [0.5, 0.6) is 0 Å². The molecule has 1 aromatic heterocycles. The van der Waals surface area contributed by atoms with Gasteiger partial charge in [-0.1, -0.05) is 24.3 Å². The van der Waals surface area contributed by atoms with E-state index in [-0.39, 0.29) is 37.4 Å². The van der Waals surface area contributed by atoms with E-state index in [1.807, 2.05) is 18.4 Å². The first-order valence-electron chi connectivity index (χ1n) is 14.3. The molecule has 4 rings (SSSR count). The minimum atomic E-state index is -1.11. The highest BCUT2D eigenvalue weighted by atomic mass is 19.1. The Morgan fingerprint density at radius 1 is 0.795 bits per heavy atom. The fourth-order valence-electron chi connectivity index (χ4n) is 5.32. The number of carbonyl (C=O) groups is 2. The van der Waals surface area contributed by atoms with Gasteiger partial charge in [-0.15, -0.1) is 0 Å². The van der Waals surface area contributed by atoms with E-state index in [9.17, 15) is 33.0 Å². The summed E-state index contributed by atoms with van der Waals surface area (Å²) in [6, 6.07) is 16.5. The number of aromatic nitrogens is 1. The summed E-state index contributed by atoms with van der Waals surface area (Å²) in [6.07, 6.45) is -2.07. The number of methoxy groups -OCH3 is 1. The average Bonchev–Trinajstić information content (AvgIpc) is 3.33. The highest BCUT2D eigenvalue weighted by Crippen LogP contribution is 2.43. The second kappa shape index (κ2) is 14.4. The van der Waals surface area contributed by atoms with Gasteiger partial charge in [0.05, 0.1) is 25.7 Å². The van der Waals surface area contributed by atoms with Gasteiger partial charge in [0.25, 0.3) is 5.91 Å². The van der Waals surface area contributed by atoms with Crippen LogP contribution in [0.15, 0.2) is 72.8 Å². The van der Waals surface area contributed by atoms with Gasteiger partial charge in [-0.25, -0.2) is 13.2 Å². The Hall–Kier alpha value is -4.41. The zero-order chi connectivity index (χ0) is 32.0. The lowest BCUT2D eigenvalue weighted by molar-refractivity contribution is -0.143. The fraction of sp³-hybridized carbons (Fsp3) is 0.294. The number of esters is 1. The SMILES string of the molecule is COC(=O)CC(O)CC(O)CCc1c(-c2ccc(F)cc2)c(-c2ccc(F)cc2)c(C(=O)Nc2ccc(F)cc2)n1C(C)C. The van der Waals surface area contributed by atoms with Crippen LogP contribution in [0.3, 0.4) is 0 Å². The molecule has 10 heteroatoms. The average molecular weight is 609 g/mol. The van der Waals surface area contributed by atoms with Crippen molar-refractivity contribution < 1.29 is 37.7 Å². The standard InChI is InChI=1S/C34H35F3N2O5/c1-20(2)39-29(17-16-27(40)18-28(41)19-30(42)44-3)31(21-4-8-23(35)9-5-21)32(22-6-10-24(36)11-7-22)33(39)34(43)38-26-14-12-25(37)13-15-26/h4-15,20,27-28,40-41H,16-19H2,1-3H3,(H,38,43). The first-order valence-corrected chi connectivity index (χ1v) is 14.3. The Morgan fingerprint density at radius 2 is 1.30 bits per heavy atom. The number of aliphatic hydroxyl groups is 2. The summed E-state index contributed by atoms with van der Waals surface area (Å²) in [4.78, 5) is 25.6. The van der Waals surface area contributed by atoms with Crippen LogP contribution in [0.25, 0.3) is 22.3 Å². The lowest BCUT2D eigenvalue weighted by Gasteiger charge is -2.20. The molecule has 1 amide bonds. The van der Waals surface area contributed by atoms with E-state index in [1.165, 1.54) is 55.6 Å². The van der Waals surface area contributed by atoms with Crippen LogP contribution in [0, 0.1) is 17.5 Å². The predicted molar refractivity (Wildman–Crippen MR) is 162 cm³/mol. The van der Waals surface area contributed by atoms with Crippen LogP contribution in [0.1, 0.15) is 55.3 Å².